The number of carbonyl (C=O) groups excluding carboxylic acids is 1. The Morgan fingerprint density at radius 3 is 2.44 bits per heavy atom. The number of fused-ring (bicyclic) bond motifs is 1. The highest BCUT2D eigenvalue weighted by Crippen LogP contribution is 2.29. The van der Waals surface area contributed by atoms with Crippen LogP contribution in [0.3, 0.4) is 0 Å². The van der Waals surface area contributed by atoms with Crippen molar-refractivity contribution in [2.45, 2.75) is 46.6 Å². The number of amides is 1. The molecule has 0 spiro atoms. The Labute approximate surface area is 295 Å². The molecule has 3 aromatic heterocycles. The van der Waals surface area contributed by atoms with Gasteiger partial charge in [-0.2, -0.15) is 5.10 Å². The number of anilines is 1. The molecule has 0 saturated carbocycles. The fourth-order valence-corrected chi connectivity index (χ4v) is 6.06. The molecule has 5 heterocycles. The minimum absolute atomic E-state index is 0.212. The topological polar surface area (TPSA) is 112 Å². The molecule has 10 nitrogen and oxygen atoms in total. The molecule has 2 N–H and O–H groups in total. The van der Waals surface area contributed by atoms with Gasteiger partial charge in [0.2, 0.25) is 5.91 Å². The molecule has 2 aliphatic rings. The quantitative estimate of drug-likeness (QED) is 0.176. The average Bonchev–Trinajstić information content (AvgIpc) is 3.82. The number of aromatic nitrogens is 5. The molecule has 0 radical (unpaired) electrons. The van der Waals surface area contributed by atoms with Crippen LogP contribution in [-0.4, -0.2) is 86.8 Å². The van der Waals surface area contributed by atoms with Gasteiger partial charge in [-0.05, 0) is 80.4 Å². The van der Waals surface area contributed by atoms with Crippen molar-refractivity contribution in [3.8, 4) is 22.6 Å². The molecule has 2 aliphatic heterocycles. The first kappa shape index (κ1) is 36.1. The smallest absolute Gasteiger partial charge is 0.237 e. The van der Waals surface area contributed by atoms with E-state index in [-0.39, 0.29) is 12.0 Å². The second-order valence-corrected chi connectivity index (χ2v) is 12.0. The van der Waals surface area contributed by atoms with Crippen LogP contribution in [0.15, 0.2) is 97.6 Å². The fraction of sp³-hybridized carbons (Fsp3) is 0.325. The maximum atomic E-state index is 12.6. The summed E-state index contributed by atoms with van der Waals surface area (Å²) in [5.41, 5.74) is 8.60. The molecule has 10 heteroatoms. The number of pyridine rings is 1. The van der Waals surface area contributed by atoms with Gasteiger partial charge in [-0.3, -0.25) is 19.8 Å². The molecule has 0 bridgehead atoms. The number of hydrogen-bond donors (Lipinski definition) is 2. The Morgan fingerprint density at radius 2 is 1.76 bits per heavy atom. The van der Waals surface area contributed by atoms with E-state index in [4.69, 9.17) is 4.74 Å². The lowest BCUT2D eigenvalue weighted by atomic mass is 9.98. The van der Waals surface area contributed by atoms with E-state index in [1.807, 2.05) is 81.4 Å². The predicted octanol–water partition coefficient (Wildman–Crippen LogP) is 7.39. The molecular formula is C40H48N8O2. The maximum absolute atomic E-state index is 12.6. The van der Waals surface area contributed by atoms with Crippen molar-refractivity contribution in [2.75, 3.05) is 45.2 Å². The number of ether oxygens (including phenoxy) is 1. The van der Waals surface area contributed by atoms with Gasteiger partial charge in [0.15, 0.2) is 5.82 Å². The van der Waals surface area contributed by atoms with Crippen LogP contribution in [0.4, 0.5) is 5.69 Å². The summed E-state index contributed by atoms with van der Waals surface area (Å²) in [5.74, 6) is 0.949. The lowest BCUT2D eigenvalue weighted by Gasteiger charge is -2.28. The SMILES string of the molecule is C/C=C\Nc1ccc2[nH]nc(-c3ccnc(C)c3)c2c1.CC.COC1CCN(CC(=O)N2CC=C(c3ccc(-c4ncccn4)cc3)CC2)C1. The summed E-state index contributed by atoms with van der Waals surface area (Å²) in [5, 5.41) is 11.8. The van der Waals surface area contributed by atoms with E-state index in [0.29, 0.717) is 13.1 Å². The average molecular weight is 673 g/mol. The van der Waals surface area contributed by atoms with Gasteiger partial charge in [-0.1, -0.05) is 50.3 Å². The number of likely N-dealkylation sites (tertiary alicyclic amines) is 1. The van der Waals surface area contributed by atoms with E-state index >= 15 is 0 Å². The highest BCUT2D eigenvalue weighted by molar-refractivity contribution is 5.95. The normalized spacial score (nSPS) is 16.0. The Bertz CT molecular complexity index is 1890. The van der Waals surface area contributed by atoms with Crippen molar-refractivity contribution in [3.63, 3.8) is 0 Å². The number of rotatable bonds is 8. The van der Waals surface area contributed by atoms with E-state index in [9.17, 15) is 4.79 Å². The van der Waals surface area contributed by atoms with Gasteiger partial charge in [-0.15, -0.1) is 0 Å². The number of nitrogens with one attached hydrogen (secondary N) is 2. The molecule has 1 atom stereocenters. The van der Waals surface area contributed by atoms with Crippen LogP contribution < -0.4 is 5.32 Å². The summed E-state index contributed by atoms with van der Waals surface area (Å²) in [6, 6.07) is 20.4. The first-order chi connectivity index (χ1) is 24.5. The lowest BCUT2D eigenvalue weighted by molar-refractivity contribution is -0.131. The van der Waals surface area contributed by atoms with Gasteiger partial charge in [0.05, 0.1) is 18.2 Å². The zero-order valence-corrected chi connectivity index (χ0v) is 29.8. The predicted molar refractivity (Wildman–Crippen MR) is 202 cm³/mol. The summed E-state index contributed by atoms with van der Waals surface area (Å²) in [7, 11) is 1.74. The summed E-state index contributed by atoms with van der Waals surface area (Å²) >= 11 is 0. The molecule has 0 aliphatic carbocycles. The van der Waals surface area contributed by atoms with Crippen LogP contribution in [0.1, 0.15) is 44.9 Å². The van der Waals surface area contributed by atoms with Crippen molar-refractivity contribution < 1.29 is 9.53 Å². The van der Waals surface area contributed by atoms with Crippen molar-refractivity contribution >= 4 is 28.1 Å². The molecule has 1 amide bonds. The monoisotopic (exact) mass is 672 g/mol. The van der Waals surface area contributed by atoms with Gasteiger partial charge >= 0.3 is 0 Å². The van der Waals surface area contributed by atoms with Gasteiger partial charge in [0, 0.05) is 79.8 Å². The standard InChI is InChI=1S/C22H26N4O2.C16H16N4.C2H6/c1-28-20-9-12-25(15-20)16-21(27)26-13-7-18(8-14-26)17-3-5-19(6-4-17)22-23-10-2-11-24-22;1-3-7-18-13-4-5-15-14(10-13)16(20-19-15)12-6-8-17-11(2)9-12;1-2/h2-7,10-11,20H,8-9,12-16H2,1H3;3-10,18H,1-2H3,(H,19,20);1-2H3/b;7-3-;. The third-order valence-corrected chi connectivity index (χ3v) is 8.71. The molecular weight excluding hydrogens is 624 g/mol. The third kappa shape index (κ3) is 9.28. The lowest BCUT2D eigenvalue weighted by Crippen LogP contribution is -2.41. The Kier molecular flexibility index (Phi) is 13.0. The van der Waals surface area contributed by atoms with Crippen LogP contribution >= 0.6 is 0 Å². The van der Waals surface area contributed by atoms with Crippen LogP contribution in [0.2, 0.25) is 0 Å². The van der Waals surface area contributed by atoms with Crippen LogP contribution in [0, 0.1) is 6.92 Å². The van der Waals surface area contributed by atoms with E-state index in [2.05, 4.69) is 71.8 Å². The minimum atomic E-state index is 0.212. The third-order valence-electron chi connectivity index (χ3n) is 8.71. The number of aryl methyl sites for hydroxylation is 1. The number of aromatic amines is 1. The molecule has 2 aromatic carbocycles. The summed E-state index contributed by atoms with van der Waals surface area (Å²) < 4.78 is 5.38. The second kappa shape index (κ2) is 18.0. The first-order valence-corrected chi connectivity index (χ1v) is 17.4. The van der Waals surface area contributed by atoms with Gasteiger partial charge < -0.3 is 15.0 Å². The summed E-state index contributed by atoms with van der Waals surface area (Å²) in [6.07, 6.45) is 13.5. The Hall–Kier alpha value is -5.19. The van der Waals surface area contributed by atoms with Crippen LogP contribution in [0.5, 0.6) is 0 Å². The molecule has 50 heavy (non-hydrogen) atoms. The van der Waals surface area contributed by atoms with Gasteiger partial charge in [0.1, 0.15) is 5.69 Å². The first-order valence-electron chi connectivity index (χ1n) is 17.4. The number of hydrogen-bond acceptors (Lipinski definition) is 8. The molecule has 1 unspecified atom stereocenters. The van der Waals surface area contributed by atoms with Crippen LogP contribution in [0.25, 0.3) is 39.1 Å². The molecule has 7 rings (SSSR count). The number of allylic oxidation sites excluding steroid dienone is 1. The zero-order chi connectivity index (χ0) is 35.3. The zero-order valence-electron chi connectivity index (χ0n) is 29.8. The van der Waals surface area contributed by atoms with Crippen molar-refractivity contribution in [1.82, 2.24) is 34.9 Å². The Morgan fingerprint density at radius 1 is 0.980 bits per heavy atom. The van der Waals surface area contributed by atoms with E-state index < -0.39 is 0 Å². The number of benzene rings is 2. The minimum Gasteiger partial charge on any atom is -0.380 e. The van der Waals surface area contributed by atoms with E-state index in [1.54, 1.807) is 19.5 Å². The number of H-pyrrole nitrogens is 1. The van der Waals surface area contributed by atoms with Crippen molar-refractivity contribution in [2.24, 2.45) is 0 Å². The molecule has 1 fully saturated rings. The number of methoxy groups -OCH3 is 1. The Balaban J connectivity index is 0.000000195. The van der Waals surface area contributed by atoms with Gasteiger partial charge in [-0.25, -0.2) is 9.97 Å². The molecule has 5 aromatic rings. The highest BCUT2D eigenvalue weighted by Gasteiger charge is 2.26. The second-order valence-electron chi connectivity index (χ2n) is 12.0. The van der Waals surface area contributed by atoms with Crippen molar-refractivity contribution in [3.05, 3.63) is 109 Å². The van der Waals surface area contributed by atoms with Gasteiger partial charge in [0.25, 0.3) is 0 Å². The largest absolute Gasteiger partial charge is 0.380 e. The fourth-order valence-electron chi connectivity index (χ4n) is 6.06. The number of nitrogens with zero attached hydrogens (tertiary/aromatic N) is 6. The van der Waals surface area contributed by atoms with E-state index in [0.717, 1.165) is 77.4 Å². The van der Waals surface area contributed by atoms with E-state index in [1.165, 1.54) is 11.1 Å². The molecule has 1 saturated heterocycles. The van der Waals surface area contributed by atoms with Crippen LogP contribution in [-0.2, 0) is 9.53 Å². The number of carbonyl (C=O) groups is 1. The van der Waals surface area contributed by atoms with Crippen molar-refractivity contribution in [1.29, 1.82) is 0 Å². The summed E-state index contributed by atoms with van der Waals surface area (Å²) in [4.78, 5) is 29.6. The highest BCUT2D eigenvalue weighted by atomic mass is 16.5. The maximum Gasteiger partial charge on any atom is 0.237 e. The summed E-state index contributed by atoms with van der Waals surface area (Å²) in [6.45, 7) is 11.7. The molecule has 260 valence electrons.